The number of hydrogen-bond donors (Lipinski definition) is 1. The molecular formula is C19H23NOS. The van der Waals surface area contributed by atoms with Crippen LogP contribution in [0.2, 0.25) is 0 Å². The minimum atomic E-state index is 0.00321. The Morgan fingerprint density at radius 3 is 2.23 bits per heavy atom. The monoisotopic (exact) mass is 313 g/mol. The molecule has 0 bridgehead atoms. The van der Waals surface area contributed by atoms with Gasteiger partial charge >= 0.3 is 0 Å². The summed E-state index contributed by atoms with van der Waals surface area (Å²) in [6.07, 6.45) is 0. The Bertz CT molecular complexity index is 593. The summed E-state index contributed by atoms with van der Waals surface area (Å²) in [7, 11) is 0. The lowest BCUT2D eigenvalue weighted by Crippen LogP contribution is -2.36. The molecule has 0 heterocycles. The molecule has 0 radical (unpaired) electrons. The van der Waals surface area contributed by atoms with Crippen molar-refractivity contribution in [3.05, 3.63) is 65.7 Å². The molecule has 2 nitrogen and oxygen atoms in total. The fraction of sp³-hybridized carbons (Fsp3) is 0.316. The molecule has 0 aromatic heterocycles. The number of amides is 1. The first-order chi connectivity index (χ1) is 10.6. The summed E-state index contributed by atoms with van der Waals surface area (Å²) in [5.74, 6) is 1.35. The summed E-state index contributed by atoms with van der Waals surface area (Å²) in [5, 5.41) is 3.03. The maximum absolute atomic E-state index is 12.1. The molecule has 0 aliphatic rings. The number of benzene rings is 2. The quantitative estimate of drug-likeness (QED) is 0.780. The smallest absolute Gasteiger partial charge is 0.251 e. The van der Waals surface area contributed by atoms with Gasteiger partial charge in [0.15, 0.2) is 0 Å². The fourth-order valence-corrected chi connectivity index (χ4v) is 2.77. The summed E-state index contributed by atoms with van der Waals surface area (Å²) in [5.41, 5.74) is 1.95. The normalized spacial score (nSPS) is 12.2. The van der Waals surface area contributed by atoms with E-state index in [1.54, 1.807) is 11.8 Å². The van der Waals surface area contributed by atoms with Gasteiger partial charge in [0, 0.05) is 22.3 Å². The average Bonchev–Trinajstić information content (AvgIpc) is 2.54. The van der Waals surface area contributed by atoms with Crippen molar-refractivity contribution in [2.75, 3.05) is 0 Å². The van der Waals surface area contributed by atoms with E-state index in [-0.39, 0.29) is 11.9 Å². The van der Waals surface area contributed by atoms with Crippen LogP contribution in [0.15, 0.2) is 59.5 Å². The Morgan fingerprint density at radius 2 is 1.64 bits per heavy atom. The lowest BCUT2D eigenvalue weighted by Gasteiger charge is -2.17. The minimum Gasteiger partial charge on any atom is -0.349 e. The maximum atomic E-state index is 12.1. The minimum absolute atomic E-state index is 0.00321. The first-order valence-corrected chi connectivity index (χ1v) is 8.62. The van der Waals surface area contributed by atoms with E-state index in [1.165, 1.54) is 10.5 Å². The number of hydrogen-bond acceptors (Lipinski definition) is 2. The molecule has 116 valence electrons. The molecule has 0 aliphatic carbocycles. The highest BCUT2D eigenvalue weighted by molar-refractivity contribution is 7.98. The van der Waals surface area contributed by atoms with Crippen molar-refractivity contribution in [3.63, 3.8) is 0 Å². The standard InChI is InChI=1S/C19H23NOS/c1-14(2)15(3)20-19(21)17-11-9-16(10-12-17)13-22-18-7-5-4-6-8-18/h4-12,14-15H,13H2,1-3H3,(H,20,21)/t15-/m1/s1. The van der Waals surface area contributed by atoms with Crippen molar-refractivity contribution in [1.29, 1.82) is 0 Å². The third-order valence-electron chi connectivity index (χ3n) is 3.72. The molecule has 2 aromatic carbocycles. The van der Waals surface area contributed by atoms with E-state index >= 15 is 0 Å². The summed E-state index contributed by atoms with van der Waals surface area (Å²) >= 11 is 1.80. The van der Waals surface area contributed by atoms with E-state index in [0.29, 0.717) is 5.92 Å². The van der Waals surface area contributed by atoms with Crippen molar-refractivity contribution in [2.24, 2.45) is 5.92 Å². The van der Waals surface area contributed by atoms with Crippen LogP contribution in [0, 0.1) is 5.92 Å². The summed E-state index contributed by atoms with van der Waals surface area (Å²) < 4.78 is 0. The molecule has 0 spiro atoms. The van der Waals surface area contributed by atoms with Gasteiger partial charge in [-0.3, -0.25) is 4.79 Å². The van der Waals surface area contributed by atoms with Gasteiger partial charge in [-0.25, -0.2) is 0 Å². The van der Waals surface area contributed by atoms with E-state index in [2.05, 4.69) is 31.3 Å². The topological polar surface area (TPSA) is 29.1 Å². The molecule has 0 fully saturated rings. The zero-order chi connectivity index (χ0) is 15.9. The van der Waals surface area contributed by atoms with Crippen LogP contribution in [-0.4, -0.2) is 11.9 Å². The van der Waals surface area contributed by atoms with Crippen molar-refractivity contribution in [1.82, 2.24) is 5.32 Å². The van der Waals surface area contributed by atoms with Crippen LogP contribution < -0.4 is 5.32 Å². The van der Waals surface area contributed by atoms with Gasteiger partial charge < -0.3 is 5.32 Å². The highest BCUT2D eigenvalue weighted by Crippen LogP contribution is 2.22. The summed E-state index contributed by atoms with van der Waals surface area (Å²) in [4.78, 5) is 13.4. The van der Waals surface area contributed by atoms with E-state index in [4.69, 9.17) is 0 Å². The fourth-order valence-electron chi connectivity index (χ4n) is 1.89. The number of nitrogens with one attached hydrogen (secondary N) is 1. The van der Waals surface area contributed by atoms with Crippen LogP contribution in [0.4, 0.5) is 0 Å². The second-order valence-corrected chi connectivity index (χ2v) is 6.85. The second-order valence-electron chi connectivity index (χ2n) is 5.80. The van der Waals surface area contributed by atoms with E-state index in [0.717, 1.165) is 11.3 Å². The van der Waals surface area contributed by atoms with Crippen molar-refractivity contribution >= 4 is 17.7 Å². The van der Waals surface area contributed by atoms with Gasteiger partial charge in [-0.05, 0) is 42.7 Å². The number of carbonyl (C=O) groups excluding carboxylic acids is 1. The third-order valence-corrected chi connectivity index (χ3v) is 4.81. The zero-order valence-corrected chi connectivity index (χ0v) is 14.2. The van der Waals surface area contributed by atoms with Crippen molar-refractivity contribution < 1.29 is 4.79 Å². The first-order valence-electron chi connectivity index (χ1n) is 7.64. The molecule has 3 heteroatoms. The van der Waals surface area contributed by atoms with Crippen LogP contribution in [0.3, 0.4) is 0 Å². The van der Waals surface area contributed by atoms with Gasteiger partial charge in [0.05, 0.1) is 0 Å². The molecule has 0 aliphatic heterocycles. The van der Waals surface area contributed by atoms with E-state index < -0.39 is 0 Å². The highest BCUT2D eigenvalue weighted by Gasteiger charge is 2.12. The molecule has 1 atom stereocenters. The molecule has 2 rings (SSSR count). The Hall–Kier alpha value is -1.74. The van der Waals surface area contributed by atoms with Gasteiger partial charge in [0.1, 0.15) is 0 Å². The predicted octanol–water partition coefficient (Wildman–Crippen LogP) is 4.75. The molecule has 1 amide bonds. The Morgan fingerprint density at radius 1 is 1.00 bits per heavy atom. The highest BCUT2D eigenvalue weighted by atomic mass is 32.2. The lowest BCUT2D eigenvalue weighted by molar-refractivity contribution is 0.0930. The SMILES string of the molecule is CC(C)[C@@H](C)NC(=O)c1ccc(CSc2ccccc2)cc1. The van der Waals surface area contributed by atoms with E-state index in [1.807, 2.05) is 49.4 Å². The van der Waals surface area contributed by atoms with Crippen molar-refractivity contribution in [2.45, 2.75) is 37.5 Å². The Labute approximate surface area is 137 Å². The van der Waals surface area contributed by atoms with Crippen LogP contribution in [-0.2, 0) is 5.75 Å². The molecule has 22 heavy (non-hydrogen) atoms. The van der Waals surface area contributed by atoms with Crippen molar-refractivity contribution in [3.8, 4) is 0 Å². The van der Waals surface area contributed by atoms with Crippen LogP contribution in [0.25, 0.3) is 0 Å². The van der Waals surface area contributed by atoms with E-state index in [9.17, 15) is 4.79 Å². The predicted molar refractivity (Wildman–Crippen MR) is 94.2 cm³/mol. The molecule has 0 unspecified atom stereocenters. The third kappa shape index (κ3) is 4.92. The average molecular weight is 313 g/mol. The van der Waals surface area contributed by atoms with Gasteiger partial charge in [0.2, 0.25) is 0 Å². The van der Waals surface area contributed by atoms with Crippen LogP contribution >= 0.6 is 11.8 Å². The summed E-state index contributed by atoms with van der Waals surface area (Å²) in [6.45, 7) is 6.25. The maximum Gasteiger partial charge on any atom is 0.251 e. The molecule has 0 saturated heterocycles. The zero-order valence-electron chi connectivity index (χ0n) is 13.4. The van der Waals surface area contributed by atoms with Gasteiger partial charge in [-0.1, -0.05) is 44.2 Å². The van der Waals surface area contributed by atoms with Gasteiger partial charge in [-0.15, -0.1) is 11.8 Å². The summed E-state index contributed by atoms with van der Waals surface area (Å²) in [6, 6.07) is 18.4. The molecular weight excluding hydrogens is 290 g/mol. The number of carbonyl (C=O) groups is 1. The molecule has 2 aromatic rings. The number of rotatable bonds is 6. The van der Waals surface area contributed by atoms with Gasteiger partial charge in [0.25, 0.3) is 5.91 Å². The Kier molecular flexibility index (Phi) is 6.08. The second kappa shape index (κ2) is 8.04. The molecule has 1 N–H and O–H groups in total. The van der Waals surface area contributed by atoms with Crippen LogP contribution in [0.5, 0.6) is 0 Å². The molecule has 0 saturated carbocycles. The first kappa shape index (κ1) is 16.6. The number of thioether (sulfide) groups is 1. The van der Waals surface area contributed by atoms with Crippen LogP contribution in [0.1, 0.15) is 36.7 Å². The van der Waals surface area contributed by atoms with Gasteiger partial charge in [-0.2, -0.15) is 0 Å². The Balaban J connectivity index is 1.91. The largest absolute Gasteiger partial charge is 0.349 e. The lowest BCUT2D eigenvalue weighted by atomic mass is 10.1.